The number of hydrogen-bond acceptors (Lipinski definition) is 5. The number of anilines is 1. The van der Waals surface area contributed by atoms with Gasteiger partial charge >= 0.3 is 0 Å². The Kier molecular flexibility index (Phi) is 4.65. The molecule has 3 heterocycles. The van der Waals surface area contributed by atoms with Crippen LogP contribution in [0.2, 0.25) is 0 Å². The molecule has 0 unspecified atom stereocenters. The highest BCUT2D eigenvalue weighted by Crippen LogP contribution is 2.35. The van der Waals surface area contributed by atoms with Crippen LogP contribution in [-0.4, -0.2) is 38.7 Å². The van der Waals surface area contributed by atoms with E-state index in [0.717, 1.165) is 50.3 Å². The van der Waals surface area contributed by atoms with Crippen LogP contribution in [0.5, 0.6) is 0 Å². The number of hydrogen-bond donors (Lipinski definition) is 2. The quantitative estimate of drug-likeness (QED) is 0.892. The summed E-state index contributed by atoms with van der Waals surface area (Å²) in [7, 11) is 0. The van der Waals surface area contributed by atoms with Gasteiger partial charge in [-0.05, 0) is 45.7 Å². The highest BCUT2D eigenvalue weighted by molar-refractivity contribution is 5.57. The van der Waals surface area contributed by atoms with Crippen LogP contribution in [-0.2, 0) is 0 Å². The fourth-order valence-corrected chi connectivity index (χ4v) is 4.02. The number of imidazole rings is 1. The minimum atomic E-state index is -0.394. The van der Waals surface area contributed by atoms with Crippen LogP contribution in [0.25, 0.3) is 11.4 Å². The standard InChI is InChI=1S/C18H25FN6/c1-12-21-11-16(25(12)14-4-2-3-5-14)17-15(19)10-22-18(24-17)23-13-6-8-20-9-7-13/h10-11,13-14,20H,2-9H2,1H3,(H,22,23,24). The summed E-state index contributed by atoms with van der Waals surface area (Å²) in [5.41, 5.74) is 1.11. The van der Waals surface area contributed by atoms with E-state index < -0.39 is 5.82 Å². The van der Waals surface area contributed by atoms with Gasteiger partial charge < -0.3 is 15.2 Å². The van der Waals surface area contributed by atoms with Gasteiger partial charge in [0.2, 0.25) is 5.95 Å². The van der Waals surface area contributed by atoms with E-state index in [1.165, 1.54) is 19.0 Å². The summed E-state index contributed by atoms with van der Waals surface area (Å²) >= 11 is 0. The average molecular weight is 344 g/mol. The fourth-order valence-electron chi connectivity index (χ4n) is 4.02. The minimum Gasteiger partial charge on any atom is -0.351 e. The van der Waals surface area contributed by atoms with E-state index in [1.54, 1.807) is 6.20 Å². The molecule has 7 heteroatoms. The second-order valence-electron chi connectivity index (χ2n) is 7.06. The molecule has 2 aliphatic rings. The third kappa shape index (κ3) is 3.38. The van der Waals surface area contributed by atoms with Gasteiger partial charge in [0.25, 0.3) is 0 Å². The number of nitrogens with zero attached hydrogens (tertiary/aromatic N) is 4. The number of nitrogens with one attached hydrogen (secondary N) is 2. The summed E-state index contributed by atoms with van der Waals surface area (Å²) in [6, 6.07) is 0.730. The van der Waals surface area contributed by atoms with Crippen LogP contribution in [0.15, 0.2) is 12.4 Å². The smallest absolute Gasteiger partial charge is 0.223 e. The summed E-state index contributed by atoms with van der Waals surface area (Å²) < 4.78 is 16.7. The second-order valence-corrected chi connectivity index (χ2v) is 7.06. The first-order valence-electron chi connectivity index (χ1n) is 9.26. The van der Waals surface area contributed by atoms with Crippen molar-refractivity contribution in [2.24, 2.45) is 0 Å². The summed E-state index contributed by atoms with van der Waals surface area (Å²) in [6.07, 6.45) is 9.74. The maximum Gasteiger partial charge on any atom is 0.223 e. The molecule has 0 bridgehead atoms. The summed E-state index contributed by atoms with van der Waals surface area (Å²) in [5, 5.41) is 6.69. The van der Waals surface area contributed by atoms with E-state index in [2.05, 4.69) is 30.2 Å². The largest absolute Gasteiger partial charge is 0.351 e. The number of halogens is 1. The number of aromatic nitrogens is 4. The summed E-state index contributed by atoms with van der Waals surface area (Å²) in [6.45, 7) is 3.95. The van der Waals surface area contributed by atoms with Crippen molar-refractivity contribution < 1.29 is 4.39 Å². The zero-order valence-corrected chi connectivity index (χ0v) is 14.6. The maximum absolute atomic E-state index is 14.5. The second kappa shape index (κ2) is 7.07. The van der Waals surface area contributed by atoms with E-state index in [-0.39, 0.29) is 0 Å². The van der Waals surface area contributed by atoms with Gasteiger partial charge in [-0.25, -0.2) is 19.3 Å². The maximum atomic E-state index is 14.5. The molecule has 134 valence electrons. The van der Waals surface area contributed by atoms with Crippen LogP contribution in [0.3, 0.4) is 0 Å². The van der Waals surface area contributed by atoms with Crippen LogP contribution in [0.1, 0.15) is 50.4 Å². The molecule has 4 rings (SSSR count). The molecule has 0 spiro atoms. The SMILES string of the molecule is Cc1ncc(-c2nc(NC3CCNCC3)ncc2F)n1C1CCCC1. The van der Waals surface area contributed by atoms with Crippen LogP contribution in [0, 0.1) is 12.7 Å². The lowest BCUT2D eigenvalue weighted by molar-refractivity contribution is 0.476. The van der Waals surface area contributed by atoms with Crippen molar-refractivity contribution in [2.45, 2.75) is 57.5 Å². The lowest BCUT2D eigenvalue weighted by atomic mass is 10.1. The minimum absolute atomic E-state index is 0.334. The van der Waals surface area contributed by atoms with Crippen molar-refractivity contribution in [3.63, 3.8) is 0 Å². The van der Waals surface area contributed by atoms with Crippen LogP contribution < -0.4 is 10.6 Å². The third-order valence-corrected chi connectivity index (χ3v) is 5.33. The van der Waals surface area contributed by atoms with Crippen LogP contribution >= 0.6 is 0 Å². The highest BCUT2D eigenvalue weighted by atomic mass is 19.1. The molecular formula is C18H25FN6. The van der Waals surface area contributed by atoms with E-state index in [1.807, 2.05) is 6.92 Å². The monoisotopic (exact) mass is 344 g/mol. The predicted molar refractivity (Wildman–Crippen MR) is 95.0 cm³/mol. The zero-order chi connectivity index (χ0) is 17.2. The summed E-state index contributed by atoms with van der Waals surface area (Å²) in [5.74, 6) is 1.03. The molecule has 1 saturated carbocycles. The van der Waals surface area contributed by atoms with Gasteiger partial charge in [-0.1, -0.05) is 12.8 Å². The molecule has 0 amide bonds. The molecule has 1 saturated heterocycles. The van der Waals surface area contributed by atoms with E-state index in [9.17, 15) is 4.39 Å². The van der Waals surface area contributed by atoms with Gasteiger partial charge in [-0.3, -0.25) is 0 Å². The van der Waals surface area contributed by atoms with Crippen molar-refractivity contribution >= 4 is 5.95 Å². The van der Waals surface area contributed by atoms with E-state index in [0.29, 0.717) is 23.7 Å². The number of piperidine rings is 1. The molecule has 0 atom stereocenters. The molecule has 2 aromatic heterocycles. The molecule has 1 aliphatic carbocycles. The first-order chi connectivity index (χ1) is 12.2. The van der Waals surface area contributed by atoms with Crippen molar-refractivity contribution in [1.82, 2.24) is 24.8 Å². The Morgan fingerprint density at radius 1 is 1.12 bits per heavy atom. The van der Waals surface area contributed by atoms with Gasteiger partial charge in [0.05, 0.1) is 18.1 Å². The average Bonchev–Trinajstić information content (AvgIpc) is 3.27. The predicted octanol–water partition coefficient (Wildman–Crippen LogP) is 3.07. The third-order valence-electron chi connectivity index (χ3n) is 5.33. The topological polar surface area (TPSA) is 67.7 Å². The molecule has 0 radical (unpaired) electrons. The Balaban J connectivity index is 1.64. The molecule has 2 fully saturated rings. The molecule has 1 aliphatic heterocycles. The van der Waals surface area contributed by atoms with Crippen molar-refractivity contribution in [3.05, 3.63) is 24.0 Å². The molecule has 25 heavy (non-hydrogen) atoms. The Morgan fingerprint density at radius 2 is 1.88 bits per heavy atom. The van der Waals surface area contributed by atoms with Gasteiger partial charge in [0.1, 0.15) is 11.5 Å². The van der Waals surface area contributed by atoms with Crippen molar-refractivity contribution in [1.29, 1.82) is 0 Å². The molecule has 2 aromatic rings. The molecule has 0 aromatic carbocycles. The molecule has 2 N–H and O–H groups in total. The Labute approximate surface area is 147 Å². The van der Waals surface area contributed by atoms with Crippen LogP contribution in [0.4, 0.5) is 10.3 Å². The van der Waals surface area contributed by atoms with Gasteiger partial charge in [0, 0.05) is 12.1 Å². The zero-order valence-electron chi connectivity index (χ0n) is 14.6. The molecule has 6 nitrogen and oxygen atoms in total. The molecular weight excluding hydrogens is 319 g/mol. The lowest BCUT2D eigenvalue weighted by Crippen LogP contribution is -2.35. The normalized spacial score (nSPS) is 19.4. The highest BCUT2D eigenvalue weighted by Gasteiger charge is 2.24. The Bertz CT molecular complexity index is 731. The Morgan fingerprint density at radius 3 is 2.64 bits per heavy atom. The first-order valence-corrected chi connectivity index (χ1v) is 9.26. The van der Waals surface area contributed by atoms with Gasteiger partial charge in [-0.15, -0.1) is 0 Å². The van der Waals surface area contributed by atoms with Gasteiger partial charge in [0.15, 0.2) is 5.82 Å². The van der Waals surface area contributed by atoms with Gasteiger partial charge in [-0.2, -0.15) is 0 Å². The first kappa shape index (κ1) is 16.4. The lowest BCUT2D eigenvalue weighted by Gasteiger charge is -2.24. The number of rotatable bonds is 4. The fraction of sp³-hybridized carbons (Fsp3) is 0.611. The Hall–Kier alpha value is -2.02. The van der Waals surface area contributed by atoms with E-state index in [4.69, 9.17) is 0 Å². The van der Waals surface area contributed by atoms with Crippen molar-refractivity contribution in [2.75, 3.05) is 18.4 Å². The summed E-state index contributed by atoms with van der Waals surface area (Å²) in [4.78, 5) is 13.1. The van der Waals surface area contributed by atoms with E-state index >= 15 is 0 Å². The van der Waals surface area contributed by atoms with Crippen molar-refractivity contribution in [3.8, 4) is 11.4 Å². The number of aryl methyl sites for hydroxylation is 1.